The smallest absolute Gasteiger partial charge is 0.125 e. The largest absolute Gasteiger partial charge is 0.390 e. The van der Waals surface area contributed by atoms with Crippen LogP contribution in [-0.2, 0) is 0 Å². The highest BCUT2D eigenvalue weighted by atomic mass is 127. The number of anilines is 1. The average molecular weight is 512 g/mol. The molecule has 5 nitrogen and oxygen atoms in total. The van der Waals surface area contributed by atoms with Gasteiger partial charge in [0.25, 0.3) is 0 Å². The molecule has 0 bridgehead atoms. The van der Waals surface area contributed by atoms with E-state index < -0.39 is 6.10 Å². The molecule has 3 unspecified atom stereocenters. The Morgan fingerprint density at radius 1 is 1.10 bits per heavy atom. The summed E-state index contributed by atoms with van der Waals surface area (Å²) in [4.78, 5) is 8.98. The summed E-state index contributed by atoms with van der Waals surface area (Å²) < 4.78 is 29.0. The number of fused-ring (bicyclic) bond motifs is 1. The van der Waals surface area contributed by atoms with Crippen LogP contribution in [0.5, 0.6) is 0 Å². The standard InChI is InChI=1S/C21H23F2IN4O/c1-13(29)21(28-14(2)25-18-11-16(23)5-8-19(18)28)27-10-9-26(12-20(27)24)17-6-3-15(22)4-7-17/h3-8,11,13,20-21,29H,9-10,12H2,1-2H3. The van der Waals surface area contributed by atoms with Gasteiger partial charge in [0.2, 0.25) is 0 Å². The van der Waals surface area contributed by atoms with Crippen molar-refractivity contribution >= 4 is 39.3 Å². The number of benzene rings is 2. The van der Waals surface area contributed by atoms with Gasteiger partial charge in [-0.15, -0.1) is 0 Å². The Morgan fingerprint density at radius 2 is 1.79 bits per heavy atom. The lowest BCUT2D eigenvalue weighted by atomic mass is 10.2. The third-order valence-electron chi connectivity index (χ3n) is 5.41. The van der Waals surface area contributed by atoms with E-state index in [4.69, 9.17) is 0 Å². The quantitative estimate of drug-likeness (QED) is 0.325. The molecule has 154 valence electrons. The number of aryl methyl sites for hydroxylation is 1. The van der Waals surface area contributed by atoms with E-state index >= 15 is 0 Å². The van der Waals surface area contributed by atoms with Gasteiger partial charge < -0.3 is 14.6 Å². The molecule has 1 N–H and O–H groups in total. The maximum atomic E-state index is 13.6. The molecular formula is C21H23F2IN4O. The number of nitrogens with zero attached hydrogens (tertiary/aromatic N) is 4. The maximum Gasteiger partial charge on any atom is 0.125 e. The highest BCUT2D eigenvalue weighted by molar-refractivity contribution is 14.1. The van der Waals surface area contributed by atoms with Gasteiger partial charge in [0.1, 0.15) is 23.6 Å². The zero-order chi connectivity index (χ0) is 20.7. The average Bonchev–Trinajstić information content (AvgIpc) is 2.98. The van der Waals surface area contributed by atoms with Crippen LogP contribution in [0.2, 0.25) is 0 Å². The maximum absolute atomic E-state index is 13.6. The highest BCUT2D eigenvalue weighted by Crippen LogP contribution is 2.32. The lowest BCUT2D eigenvalue weighted by Crippen LogP contribution is -2.55. The summed E-state index contributed by atoms with van der Waals surface area (Å²) in [6, 6.07) is 11.1. The molecular weight excluding hydrogens is 489 g/mol. The summed E-state index contributed by atoms with van der Waals surface area (Å²) in [7, 11) is 0. The molecule has 3 atom stereocenters. The van der Waals surface area contributed by atoms with Gasteiger partial charge in [-0.2, -0.15) is 0 Å². The molecule has 29 heavy (non-hydrogen) atoms. The van der Waals surface area contributed by atoms with E-state index in [0.717, 1.165) is 36.7 Å². The molecule has 1 aliphatic rings. The number of rotatable bonds is 4. The predicted octanol–water partition coefficient (Wildman–Crippen LogP) is 4.09. The Balaban J connectivity index is 1.64. The molecule has 4 rings (SSSR count). The first kappa shape index (κ1) is 20.5. The summed E-state index contributed by atoms with van der Waals surface area (Å²) in [5, 5.41) is 10.7. The minimum atomic E-state index is -0.647. The first-order chi connectivity index (χ1) is 13.8. The lowest BCUT2D eigenvalue weighted by Gasteiger charge is -2.45. The number of halogens is 3. The van der Waals surface area contributed by atoms with E-state index in [1.54, 1.807) is 25.1 Å². The van der Waals surface area contributed by atoms with E-state index in [1.807, 2.05) is 11.5 Å². The van der Waals surface area contributed by atoms with E-state index in [2.05, 4.69) is 37.4 Å². The van der Waals surface area contributed by atoms with Crippen molar-refractivity contribution in [1.82, 2.24) is 14.5 Å². The van der Waals surface area contributed by atoms with Gasteiger partial charge >= 0.3 is 0 Å². The molecule has 0 radical (unpaired) electrons. The summed E-state index contributed by atoms with van der Waals surface area (Å²) in [5.41, 5.74) is 2.38. The minimum absolute atomic E-state index is 0.114. The van der Waals surface area contributed by atoms with E-state index in [1.165, 1.54) is 24.3 Å². The van der Waals surface area contributed by atoms with Crippen LogP contribution in [0.25, 0.3) is 11.0 Å². The van der Waals surface area contributed by atoms with Gasteiger partial charge in [-0.3, -0.25) is 4.90 Å². The zero-order valence-corrected chi connectivity index (χ0v) is 18.4. The molecule has 0 saturated carbocycles. The van der Waals surface area contributed by atoms with Gasteiger partial charge in [-0.25, -0.2) is 13.8 Å². The first-order valence-corrected chi connectivity index (χ1v) is 10.8. The van der Waals surface area contributed by atoms with Crippen molar-refractivity contribution < 1.29 is 13.9 Å². The molecule has 2 aromatic carbocycles. The molecule has 1 aromatic heterocycles. The third kappa shape index (κ3) is 3.97. The zero-order valence-electron chi connectivity index (χ0n) is 16.3. The third-order valence-corrected chi connectivity index (χ3v) is 6.52. The van der Waals surface area contributed by atoms with E-state index in [9.17, 15) is 13.9 Å². The topological polar surface area (TPSA) is 44.5 Å². The lowest BCUT2D eigenvalue weighted by molar-refractivity contribution is 0.0114. The molecule has 3 aromatic rings. The van der Waals surface area contributed by atoms with Crippen molar-refractivity contribution in [2.45, 2.75) is 30.2 Å². The number of alkyl halides is 1. The number of hydrogen-bond donors (Lipinski definition) is 1. The number of hydrogen-bond acceptors (Lipinski definition) is 4. The molecule has 1 fully saturated rings. The van der Waals surface area contributed by atoms with Crippen LogP contribution in [0.15, 0.2) is 42.5 Å². The predicted molar refractivity (Wildman–Crippen MR) is 118 cm³/mol. The van der Waals surface area contributed by atoms with Crippen molar-refractivity contribution in [3.8, 4) is 0 Å². The fourth-order valence-electron chi connectivity index (χ4n) is 4.11. The molecule has 2 heterocycles. The van der Waals surface area contributed by atoms with Gasteiger partial charge in [0, 0.05) is 31.4 Å². The Hall–Kier alpha value is -1.78. The van der Waals surface area contributed by atoms with Crippen LogP contribution in [0.3, 0.4) is 0 Å². The molecule has 0 spiro atoms. The molecule has 0 aliphatic carbocycles. The normalized spacial score (nSPS) is 20.2. The van der Waals surface area contributed by atoms with E-state index in [0.29, 0.717) is 5.52 Å². The number of aliphatic hydroxyl groups is 1. The number of piperazine rings is 1. The van der Waals surface area contributed by atoms with Crippen LogP contribution < -0.4 is 4.90 Å². The first-order valence-electron chi connectivity index (χ1n) is 9.57. The summed E-state index contributed by atoms with van der Waals surface area (Å²) in [6.07, 6.45) is -0.964. The van der Waals surface area contributed by atoms with E-state index in [-0.39, 0.29) is 21.8 Å². The summed E-state index contributed by atoms with van der Waals surface area (Å²) >= 11 is 2.39. The number of aliphatic hydroxyl groups excluding tert-OH is 1. The number of aromatic nitrogens is 2. The van der Waals surface area contributed by atoms with Crippen LogP contribution >= 0.6 is 22.6 Å². The summed E-state index contributed by atoms with van der Waals surface area (Å²) in [6.45, 7) is 5.88. The van der Waals surface area contributed by atoms with Gasteiger partial charge in [0.05, 0.1) is 21.2 Å². The highest BCUT2D eigenvalue weighted by Gasteiger charge is 2.35. The van der Waals surface area contributed by atoms with Crippen molar-refractivity contribution in [3.63, 3.8) is 0 Å². The minimum Gasteiger partial charge on any atom is -0.390 e. The summed E-state index contributed by atoms with van der Waals surface area (Å²) in [5.74, 6) is 0.169. The van der Waals surface area contributed by atoms with Crippen LogP contribution in [0, 0.1) is 18.6 Å². The second kappa shape index (κ2) is 8.16. The Bertz CT molecular complexity index is 1010. The fraction of sp³-hybridized carbons (Fsp3) is 0.381. The SMILES string of the molecule is Cc1nc2cc(F)ccc2n1C(C(C)O)N1CCN(c2ccc(F)cc2)CC1I. The molecule has 1 saturated heterocycles. The van der Waals surface area contributed by atoms with Gasteiger partial charge in [-0.1, -0.05) is 22.6 Å². The molecule has 1 aliphatic heterocycles. The van der Waals surface area contributed by atoms with Gasteiger partial charge in [-0.05, 0) is 50.2 Å². The number of imidazole rings is 1. The fourth-order valence-corrected chi connectivity index (χ4v) is 5.19. The second-order valence-electron chi connectivity index (χ2n) is 7.41. The Kier molecular flexibility index (Phi) is 5.76. The van der Waals surface area contributed by atoms with Crippen molar-refractivity contribution in [2.24, 2.45) is 0 Å². The van der Waals surface area contributed by atoms with Crippen molar-refractivity contribution in [3.05, 3.63) is 59.9 Å². The van der Waals surface area contributed by atoms with Gasteiger partial charge in [0.15, 0.2) is 0 Å². The Labute approximate surface area is 182 Å². The van der Waals surface area contributed by atoms with Crippen molar-refractivity contribution in [1.29, 1.82) is 0 Å². The van der Waals surface area contributed by atoms with Crippen LogP contribution in [0.1, 0.15) is 18.9 Å². The van der Waals surface area contributed by atoms with Crippen LogP contribution in [-0.4, -0.2) is 49.3 Å². The molecule has 0 amide bonds. The Morgan fingerprint density at radius 3 is 2.45 bits per heavy atom. The van der Waals surface area contributed by atoms with Crippen molar-refractivity contribution in [2.75, 3.05) is 24.5 Å². The molecule has 8 heteroatoms. The monoisotopic (exact) mass is 512 g/mol. The second-order valence-corrected chi connectivity index (χ2v) is 8.85. The van der Waals surface area contributed by atoms with Crippen LogP contribution in [0.4, 0.5) is 14.5 Å².